The summed E-state index contributed by atoms with van der Waals surface area (Å²) >= 11 is 0. The Morgan fingerprint density at radius 1 is 1.08 bits per heavy atom. The molecular formula is C19H17N3O2. The average Bonchev–Trinajstić information content (AvgIpc) is 3.19. The van der Waals surface area contributed by atoms with Crippen LogP contribution in [0, 0.1) is 13.8 Å². The van der Waals surface area contributed by atoms with E-state index in [0.29, 0.717) is 0 Å². The van der Waals surface area contributed by atoms with Crippen LogP contribution in [0.2, 0.25) is 0 Å². The summed E-state index contributed by atoms with van der Waals surface area (Å²) in [7, 11) is 0. The summed E-state index contributed by atoms with van der Waals surface area (Å²) in [6.07, 6.45) is -0.0724. The standard InChI is InChI=1S/C19H17N3O2/c1-11-4-3-5-14-15-8-12(2)21-22(15)19(20-18(11)14)13-6-7-16-17(9-13)24-10-23-16/h3-9,19-20H,10H2,1-2H3/t19-/m1/s1. The molecule has 5 heteroatoms. The van der Waals surface area contributed by atoms with E-state index in [1.54, 1.807) is 0 Å². The first-order chi connectivity index (χ1) is 11.7. The van der Waals surface area contributed by atoms with E-state index in [0.717, 1.165) is 34.1 Å². The molecule has 0 bridgehead atoms. The van der Waals surface area contributed by atoms with E-state index in [2.05, 4.69) is 47.3 Å². The first kappa shape index (κ1) is 13.5. The molecule has 1 atom stereocenters. The molecule has 5 rings (SSSR count). The fraction of sp³-hybridized carbons (Fsp3) is 0.211. The van der Waals surface area contributed by atoms with E-state index in [1.165, 1.54) is 11.1 Å². The number of nitrogens with zero attached hydrogens (tertiary/aromatic N) is 2. The summed E-state index contributed by atoms with van der Waals surface area (Å²) in [6, 6.07) is 14.5. The smallest absolute Gasteiger partial charge is 0.231 e. The first-order valence-corrected chi connectivity index (χ1v) is 8.03. The van der Waals surface area contributed by atoms with E-state index < -0.39 is 0 Å². The zero-order chi connectivity index (χ0) is 16.3. The number of hydrogen-bond acceptors (Lipinski definition) is 4. The minimum Gasteiger partial charge on any atom is -0.454 e. The first-order valence-electron chi connectivity index (χ1n) is 8.03. The summed E-state index contributed by atoms with van der Waals surface area (Å²) < 4.78 is 13.0. The van der Waals surface area contributed by atoms with Gasteiger partial charge in [0.25, 0.3) is 0 Å². The van der Waals surface area contributed by atoms with Crippen LogP contribution in [0.5, 0.6) is 11.5 Å². The van der Waals surface area contributed by atoms with Crippen LogP contribution < -0.4 is 14.8 Å². The molecule has 0 saturated carbocycles. The Balaban J connectivity index is 1.69. The second-order valence-electron chi connectivity index (χ2n) is 6.27. The summed E-state index contributed by atoms with van der Waals surface area (Å²) in [5.74, 6) is 1.58. The maximum Gasteiger partial charge on any atom is 0.231 e. The van der Waals surface area contributed by atoms with Gasteiger partial charge in [-0.1, -0.05) is 24.3 Å². The number of ether oxygens (including phenoxy) is 2. The van der Waals surface area contributed by atoms with Crippen LogP contribution in [0.4, 0.5) is 5.69 Å². The summed E-state index contributed by atoms with van der Waals surface area (Å²) in [5, 5.41) is 8.36. The average molecular weight is 319 g/mol. The third-order valence-corrected chi connectivity index (χ3v) is 4.64. The highest BCUT2D eigenvalue weighted by Gasteiger charge is 2.28. The molecule has 0 aliphatic carbocycles. The monoisotopic (exact) mass is 319 g/mol. The summed E-state index contributed by atoms with van der Waals surface area (Å²) in [6.45, 7) is 4.43. The van der Waals surface area contributed by atoms with Gasteiger partial charge in [0.2, 0.25) is 6.79 Å². The number of hydrogen-bond donors (Lipinski definition) is 1. The Bertz CT molecular complexity index is 961. The third kappa shape index (κ3) is 1.84. The Morgan fingerprint density at radius 3 is 2.88 bits per heavy atom. The van der Waals surface area contributed by atoms with Gasteiger partial charge in [-0.3, -0.25) is 0 Å². The Kier molecular flexibility index (Phi) is 2.68. The topological polar surface area (TPSA) is 48.3 Å². The van der Waals surface area contributed by atoms with Crippen LogP contribution >= 0.6 is 0 Å². The largest absolute Gasteiger partial charge is 0.454 e. The lowest BCUT2D eigenvalue weighted by Crippen LogP contribution is -2.26. The van der Waals surface area contributed by atoms with Gasteiger partial charge in [0.05, 0.1) is 11.4 Å². The van der Waals surface area contributed by atoms with Crippen molar-refractivity contribution in [2.24, 2.45) is 0 Å². The van der Waals surface area contributed by atoms with Crippen LogP contribution in [-0.4, -0.2) is 16.6 Å². The van der Waals surface area contributed by atoms with Crippen molar-refractivity contribution in [2.45, 2.75) is 20.0 Å². The zero-order valence-electron chi connectivity index (χ0n) is 13.5. The van der Waals surface area contributed by atoms with Crippen LogP contribution in [0.15, 0.2) is 42.5 Å². The maximum absolute atomic E-state index is 5.54. The van der Waals surface area contributed by atoms with Gasteiger partial charge in [0, 0.05) is 16.8 Å². The van der Waals surface area contributed by atoms with Crippen LogP contribution in [0.1, 0.15) is 23.0 Å². The summed E-state index contributed by atoms with van der Waals surface area (Å²) in [4.78, 5) is 0. The number of rotatable bonds is 1. The predicted molar refractivity (Wildman–Crippen MR) is 91.5 cm³/mol. The molecule has 2 aliphatic heterocycles. The fourth-order valence-corrected chi connectivity index (χ4v) is 3.49. The molecule has 120 valence electrons. The third-order valence-electron chi connectivity index (χ3n) is 4.64. The minimum absolute atomic E-state index is 0.0724. The van der Waals surface area contributed by atoms with Crippen molar-refractivity contribution >= 4 is 5.69 Å². The minimum atomic E-state index is -0.0724. The molecule has 5 nitrogen and oxygen atoms in total. The molecule has 0 saturated heterocycles. The van der Waals surface area contributed by atoms with Gasteiger partial charge in [-0.25, -0.2) is 4.68 Å². The number of nitrogens with one attached hydrogen (secondary N) is 1. The second kappa shape index (κ2) is 4.77. The number of aromatic nitrogens is 2. The molecule has 0 fully saturated rings. The highest BCUT2D eigenvalue weighted by atomic mass is 16.7. The molecule has 0 unspecified atom stereocenters. The summed E-state index contributed by atoms with van der Waals surface area (Å²) in [5.41, 5.74) is 6.81. The lowest BCUT2D eigenvalue weighted by Gasteiger charge is -2.30. The van der Waals surface area contributed by atoms with Crippen molar-refractivity contribution in [1.82, 2.24) is 9.78 Å². The molecule has 0 amide bonds. The highest BCUT2D eigenvalue weighted by molar-refractivity contribution is 5.81. The lowest BCUT2D eigenvalue weighted by molar-refractivity contribution is 0.174. The molecule has 3 heterocycles. The zero-order valence-corrected chi connectivity index (χ0v) is 13.5. The van der Waals surface area contributed by atoms with Crippen LogP contribution in [0.3, 0.4) is 0 Å². The molecule has 0 radical (unpaired) electrons. The molecule has 1 aromatic heterocycles. The SMILES string of the molecule is Cc1cc2n(n1)[C@H](c1ccc3c(c1)OCO3)Nc1c(C)cccc1-2. The molecular weight excluding hydrogens is 302 g/mol. The normalized spacial score (nSPS) is 17.2. The Morgan fingerprint density at radius 2 is 1.96 bits per heavy atom. The molecule has 2 aliphatic rings. The van der Waals surface area contributed by atoms with E-state index in [9.17, 15) is 0 Å². The number of aryl methyl sites for hydroxylation is 2. The highest BCUT2D eigenvalue weighted by Crippen LogP contribution is 2.42. The van der Waals surface area contributed by atoms with Crippen LogP contribution in [0.25, 0.3) is 11.3 Å². The van der Waals surface area contributed by atoms with Crippen molar-refractivity contribution in [2.75, 3.05) is 12.1 Å². The van der Waals surface area contributed by atoms with Crippen molar-refractivity contribution in [3.05, 3.63) is 59.3 Å². The van der Waals surface area contributed by atoms with Crippen molar-refractivity contribution in [3.8, 4) is 22.8 Å². The number of anilines is 1. The molecule has 24 heavy (non-hydrogen) atoms. The van der Waals surface area contributed by atoms with Gasteiger partial charge in [-0.2, -0.15) is 5.10 Å². The number of benzene rings is 2. The molecule has 2 aromatic carbocycles. The lowest BCUT2D eigenvalue weighted by atomic mass is 10.0. The van der Waals surface area contributed by atoms with Gasteiger partial charge >= 0.3 is 0 Å². The van der Waals surface area contributed by atoms with E-state index >= 15 is 0 Å². The fourth-order valence-electron chi connectivity index (χ4n) is 3.49. The van der Waals surface area contributed by atoms with Crippen molar-refractivity contribution < 1.29 is 9.47 Å². The molecule has 1 N–H and O–H groups in total. The van der Waals surface area contributed by atoms with Gasteiger partial charge in [-0.15, -0.1) is 0 Å². The van der Waals surface area contributed by atoms with Crippen molar-refractivity contribution in [3.63, 3.8) is 0 Å². The van der Waals surface area contributed by atoms with Gasteiger partial charge < -0.3 is 14.8 Å². The van der Waals surface area contributed by atoms with Crippen LogP contribution in [-0.2, 0) is 0 Å². The van der Waals surface area contributed by atoms with E-state index in [4.69, 9.17) is 14.6 Å². The van der Waals surface area contributed by atoms with Gasteiger partial charge in [-0.05, 0) is 37.6 Å². The van der Waals surface area contributed by atoms with E-state index in [-0.39, 0.29) is 13.0 Å². The predicted octanol–water partition coefficient (Wildman–Crippen LogP) is 3.87. The Hall–Kier alpha value is -2.95. The quantitative estimate of drug-likeness (QED) is 0.740. The molecule has 3 aromatic rings. The second-order valence-corrected chi connectivity index (χ2v) is 6.27. The van der Waals surface area contributed by atoms with Gasteiger partial charge in [0.15, 0.2) is 11.5 Å². The van der Waals surface area contributed by atoms with E-state index in [1.807, 2.05) is 19.1 Å². The number of para-hydroxylation sites is 1. The van der Waals surface area contributed by atoms with Gasteiger partial charge in [0.1, 0.15) is 6.17 Å². The Labute approximate surface area is 139 Å². The van der Waals surface area contributed by atoms with Crippen molar-refractivity contribution in [1.29, 1.82) is 0 Å². The maximum atomic E-state index is 5.54. The number of fused-ring (bicyclic) bond motifs is 4. The molecule has 0 spiro atoms.